The second kappa shape index (κ2) is 8.33. The van der Waals surface area contributed by atoms with Gasteiger partial charge in [0.15, 0.2) is 0 Å². The van der Waals surface area contributed by atoms with Crippen LogP contribution in [0.4, 0.5) is 23.2 Å². The number of aliphatic hydroxyl groups excluding tert-OH is 1. The van der Waals surface area contributed by atoms with Gasteiger partial charge in [0.1, 0.15) is 17.3 Å². The van der Waals surface area contributed by atoms with Gasteiger partial charge < -0.3 is 10.2 Å². The molecule has 1 atom stereocenters. The van der Waals surface area contributed by atoms with Crippen LogP contribution < -0.4 is 4.90 Å². The van der Waals surface area contributed by atoms with Gasteiger partial charge in [-0.2, -0.15) is 13.2 Å². The van der Waals surface area contributed by atoms with Crippen molar-refractivity contribution >= 4 is 23.1 Å². The lowest BCUT2D eigenvalue weighted by Gasteiger charge is -2.26. The zero-order chi connectivity index (χ0) is 24.8. The first-order chi connectivity index (χ1) is 16.0. The molecule has 2 N–H and O–H groups in total. The van der Waals surface area contributed by atoms with Crippen molar-refractivity contribution in [1.29, 1.82) is 0 Å². The van der Waals surface area contributed by atoms with Crippen molar-refractivity contribution in [3.63, 3.8) is 0 Å². The van der Waals surface area contributed by atoms with E-state index in [9.17, 15) is 37.4 Å². The smallest absolute Gasteiger partial charge is 0.416 e. The van der Waals surface area contributed by atoms with Crippen LogP contribution in [-0.4, -0.2) is 21.9 Å². The van der Waals surface area contributed by atoms with Crippen LogP contribution in [0.15, 0.2) is 72.3 Å². The van der Waals surface area contributed by atoms with E-state index < -0.39 is 41.0 Å². The molecule has 1 aliphatic rings. The number of alkyl halides is 3. The third kappa shape index (κ3) is 4.00. The van der Waals surface area contributed by atoms with Gasteiger partial charge in [0.25, 0.3) is 11.7 Å². The van der Waals surface area contributed by atoms with Crippen LogP contribution in [0.25, 0.3) is 5.76 Å². The van der Waals surface area contributed by atoms with E-state index in [0.717, 1.165) is 29.2 Å². The number of aliphatic hydroxyl groups is 1. The van der Waals surface area contributed by atoms with E-state index in [0.29, 0.717) is 0 Å². The Bertz CT molecular complexity index is 1330. The Hall–Kier alpha value is -4.14. The van der Waals surface area contributed by atoms with Crippen molar-refractivity contribution in [2.45, 2.75) is 19.1 Å². The van der Waals surface area contributed by atoms with Gasteiger partial charge in [-0.25, -0.2) is 4.39 Å². The van der Waals surface area contributed by atoms with Crippen molar-refractivity contribution in [3.05, 3.63) is 100 Å². The lowest BCUT2D eigenvalue weighted by atomic mass is 9.94. The molecule has 0 saturated carbocycles. The average Bonchev–Trinajstić information content (AvgIpc) is 3.06. The highest BCUT2D eigenvalue weighted by Crippen LogP contribution is 2.43. The van der Waals surface area contributed by atoms with E-state index in [1.54, 1.807) is 0 Å². The van der Waals surface area contributed by atoms with E-state index in [1.807, 2.05) is 0 Å². The number of hydrogen-bond donors (Lipinski definition) is 2. The van der Waals surface area contributed by atoms with Gasteiger partial charge in [-0.15, -0.1) is 0 Å². The van der Waals surface area contributed by atoms with Crippen LogP contribution in [0.3, 0.4) is 0 Å². The van der Waals surface area contributed by atoms with Crippen LogP contribution in [-0.2, 0) is 15.8 Å². The van der Waals surface area contributed by atoms with Crippen molar-refractivity contribution in [2.24, 2.45) is 0 Å². The fourth-order valence-corrected chi connectivity index (χ4v) is 3.85. The zero-order valence-corrected chi connectivity index (χ0v) is 17.6. The number of anilines is 1. The summed E-state index contributed by atoms with van der Waals surface area (Å²) in [7, 11) is 0. The monoisotopic (exact) mass is 471 g/mol. The third-order valence-corrected chi connectivity index (χ3v) is 5.54. The molecule has 5 nitrogen and oxygen atoms in total. The topological polar surface area (TPSA) is 77.8 Å². The molecule has 9 heteroatoms. The highest BCUT2D eigenvalue weighted by molar-refractivity contribution is 6.51. The number of carbonyl (C=O) groups excluding carboxylic acids is 2. The number of phenolic OH excluding ortho intramolecular Hbond substituents is 1. The summed E-state index contributed by atoms with van der Waals surface area (Å²) in [6.45, 7) is 1.45. The summed E-state index contributed by atoms with van der Waals surface area (Å²) in [5.74, 6) is -3.52. The number of rotatable bonds is 3. The molecular formula is C25H17F4NO4. The molecule has 4 rings (SSSR count). The predicted octanol–water partition coefficient (Wildman–Crippen LogP) is 5.48. The van der Waals surface area contributed by atoms with Gasteiger partial charge in [0.2, 0.25) is 0 Å². The summed E-state index contributed by atoms with van der Waals surface area (Å²) >= 11 is 0. The number of hydrogen-bond acceptors (Lipinski definition) is 4. The lowest BCUT2D eigenvalue weighted by Crippen LogP contribution is -2.29. The molecule has 34 heavy (non-hydrogen) atoms. The molecule has 1 fully saturated rings. The number of ketones is 1. The zero-order valence-electron chi connectivity index (χ0n) is 17.6. The summed E-state index contributed by atoms with van der Waals surface area (Å²) in [4.78, 5) is 26.9. The fraction of sp³-hybridized carbons (Fsp3) is 0.120. The Kier molecular flexibility index (Phi) is 5.64. The highest BCUT2D eigenvalue weighted by atomic mass is 19.4. The van der Waals surface area contributed by atoms with Gasteiger partial charge in [-0.3, -0.25) is 14.5 Å². The Morgan fingerprint density at radius 2 is 1.65 bits per heavy atom. The summed E-state index contributed by atoms with van der Waals surface area (Å²) in [5, 5.41) is 20.6. The second-order valence-corrected chi connectivity index (χ2v) is 7.77. The van der Waals surface area contributed by atoms with Crippen molar-refractivity contribution in [2.75, 3.05) is 4.90 Å². The third-order valence-electron chi connectivity index (χ3n) is 5.54. The molecule has 0 aromatic heterocycles. The van der Waals surface area contributed by atoms with Crippen LogP contribution in [0.2, 0.25) is 0 Å². The van der Waals surface area contributed by atoms with E-state index in [-0.39, 0.29) is 33.7 Å². The second-order valence-electron chi connectivity index (χ2n) is 7.77. The Labute approximate surface area is 191 Å². The maximum Gasteiger partial charge on any atom is 0.416 e. The molecule has 1 unspecified atom stereocenters. The highest BCUT2D eigenvalue weighted by Gasteiger charge is 2.47. The quantitative estimate of drug-likeness (QED) is 0.229. The number of benzene rings is 3. The molecule has 1 saturated heterocycles. The van der Waals surface area contributed by atoms with Gasteiger partial charge in [0, 0.05) is 11.3 Å². The molecular weight excluding hydrogens is 454 g/mol. The number of carbonyl (C=O) groups is 2. The van der Waals surface area contributed by atoms with Crippen LogP contribution in [0, 0.1) is 12.7 Å². The minimum absolute atomic E-state index is 0.0599. The van der Waals surface area contributed by atoms with Crippen LogP contribution in [0.1, 0.15) is 28.3 Å². The Balaban J connectivity index is 1.95. The Morgan fingerprint density at radius 3 is 2.26 bits per heavy atom. The van der Waals surface area contributed by atoms with E-state index >= 15 is 0 Å². The first-order valence-electron chi connectivity index (χ1n) is 10.0. The average molecular weight is 471 g/mol. The number of halogens is 4. The maximum absolute atomic E-state index is 13.7. The standard InChI is InChI=1S/C25H17F4NO4/c1-13-11-15(7-10-19(13)26)22(32)20-21(14-5-8-18(31)9-6-14)30(24(34)23(20)33)17-4-2-3-16(12-17)25(27,28)29/h2-12,21,31-32H,1H3/b22-20+. The van der Waals surface area contributed by atoms with Gasteiger partial charge in [0.05, 0.1) is 17.2 Å². The number of aromatic hydroxyl groups is 1. The molecule has 3 aromatic carbocycles. The predicted molar refractivity (Wildman–Crippen MR) is 115 cm³/mol. The normalized spacial score (nSPS) is 17.9. The molecule has 1 aliphatic heterocycles. The van der Waals surface area contributed by atoms with E-state index in [1.165, 1.54) is 49.4 Å². The van der Waals surface area contributed by atoms with Gasteiger partial charge in [-0.05, 0) is 66.6 Å². The first kappa shape index (κ1) is 23.0. The maximum atomic E-state index is 13.7. The Morgan fingerprint density at radius 1 is 0.971 bits per heavy atom. The number of aryl methyl sites for hydroxylation is 1. The summed E-state index contributed by atoms with van der Waals surface area (Å²) in [6.07, 6.45) is -4.69. The molecule has 1 heterocycles. The summed E-state index contributed by atoms with van der Waals surface area (Å²) in [6, 6.07) is 11.6. The first-order valence-corrected chi connectivity index (χ1v) is 10.0. The van der Waals surface area contributed by atoms with Crippen LogP contribution in [0.5, 0.6) is 5.75 Å². The lowest BCUT2D eigenvalue weighted by molar-refractivity contribution is -0.137. The number of nitrogens with zero attached hydrogens (tertiary/aromatic N) is 1. The SMILES string of the molecule is Cc1cc(/C(O)=C2\C(=O)C(=O)N(c3cccc(C(F)(F)F)c3)C2c2ccc(O)cc2)ccc1F. The van der Waals surface area contributed by atoms with Gasteiger partial charge in [-0.1, -0.05) is 18.2 Å². The summed E-state index contributed by atoms with van der Waals surface area (Å²) in [5.41, 5.74) is -1.11. The number of amides is 1. The van der Waals surface area contributed by atoms with Crippen molar-refractivity contribution < 1.29 is 37.4 Å². The minimum Gasteiger partial charge on any atom is -0.508 e. The molecule has 0 spiro atoms. The molecule has 174 valence electrons. The molecule has 0 radical (unpaired) electrons. The van der Waals surface area contributed by atoms with Crippen molar-refractivity contribution in [3.8, 4) is 5.75 Å². The molecule has 1 amide bonds. The fourth-order valence-electron chi connectivity index (χ4n) is 3.85. The molecule has 3 aromatic rings. The van der Waals surface area contributed by atoms with E-state index in [2.05, 4.69) is 0 Å². The largest absolute Gasteiger partial charge is 0.508 e. The van der Waals surface area contributed by atoms with Crippen molar-refractivity contribution in [1.82, 2.24) is 0 Å². The number of phenols is 1. The van der Waals surface area contributed by atoms with Crippen LogP contribution >= 0.6 is 0 Å². The van der Waals surface area contributed by atoms with E-state index in [4.69, 9.17) is 0 Å². The minimum atomic E-state index is -4.69. The molecule has 0 aliphatic carbocycles. The number of Topliss-reactive ketones (excluding diaryl/α,β-unsaturated/α-hetero) is 1. The van der Waals surface area contributed by atoms with Gasteiger partial charge >= 0.3 is 6.18 Å². The summed E-state index contributed by atoms with van der Waals surface area (Å²) < 4.78 is 53.7. The molecule has 0 bridgehead atoms.